The van der Waals surface area contributed by atoms with E-state index in [0.29, 0.717) is 35.7 Å². The number of thioether (sulfide) groups is 1. The van der Waals surface area contributed by atoms with Crippen LogP contribution in [0.5, 0.6) is 5.75 Å². The Morgan fingerprint density at radius 2 is 1.83 bits per heavy atom. The Morgan fingerprint density at radius 3 is 2.63 bits per heavy atom. The zero-order chi connectivity index (χ0) is 24.4. The molecule has 2 amide bonds. The lowest BCUT2D eigenvalue weighted by Crippen LogP contribution is -2.58. The highest BCUT2D eigenvalue weighted by molar-refractivity contribution is 7.99. The van der Waals surface area contributed by atoms with E-state index in [0.717, 1.165) is 21.4 Å². The Kier molecular flexibility index (Phi) is 6.26. The molecule has 4 aromatic rings. The first-order valence-corrected chi connectivity index (χ1v) is 12.5. The Labute approximate surface area is 208 Å². The van der Waals surface area contributed by atoms with Crippen LogP contribution >= 0.6 is 11.8 Å². The van der Waals surface area contributed by atoms with Gasteiger partial charge in [-0.2, -0.15) is 0 Å². The number of hydrogen-bond donors (Lipinski definition) is 2. The second-order valence-corrected chi connectivity index (χ2v) is 9.82. The monoisotopic (exact) mass is 485 g/mol. The number of aromatic nitrogens is 1. The van der Waals surface area contributed by atoms with E-state index in [-0.39, 0.29) is 11.8 Å². The summed E-state index contributed by atoms with van der Waals surface area (Å²) in [5.74, 6) is 0.823. The molecule has 0 aliphatic carbocycles. The molecule has 35 heavy (non-hydrogen) atoms. The first kappa shape index (κ1) is 23.1. The van der Waals surface area contributed by atoms with Crippen LogP contribution in [0.25, 0.3) is 10.9 Å². The maximum absolute atomic E-state index is 13.8. The molecular formula is C28H27N3O3S. The fraction of sp³-hybridized carbons (Fsp3) is 0.214. The van der Waals surface area contributed by atoms with Gasteiger partial charge in [-0.1, -0.05) is 30.3 Å². The molecule has 3 aromatic carbocycles. The van der Waals surface area contributed by atoms with Crippen molar-refractivity contribution >= 4 is 40.2 Å². The van der Waals surface area contributed by atoms with Gasteiger partial charge in [-0.15, -0.1) is 11.8 Å². The first-order chi connectivity index (χ1) is 17.0. The van der Waals surface area contributed by atoms with Crippen molar-refractivity contribution in [1.82, 2.24) is 9.88 Å². The van der Waals surface area contributed by atoms with Crippen LogP contribution in [0.15, 0.2) is 83.9 Å². The summed E-state index contributed by atoms with van der Waals surface area (Å²) in [7, 11) is 1.60. The molecule has 178 valence electrons. The number of aromatic amines is 1. The van der Waals surface area contributed by atoms with Crippen molar-refractivity contribution in [2.75, 3.05) is 24.7 Å². The average molecular weight is 486 g/mol. The smallest absolute Gasteiger partial charge is 0.255 e. The van der Waals surface area contributed by atoms with Gasteiger partial charge in [0.05, 0.1) is 12.7 Å². The zero-order valence-corrected chi connectivity index (χ0v) is 20.5. The van der Waals surface area contributed by atoms with Gasteiger partial charge in [-0.05, 0) is 61.4 Å². The van der Waals surface area contributed by atoms with E-state index in [4.69, 9.17) is 4.74 Å². The van der Waals surface area contributed by atoms with Gasteiger partial charge in [0.15, 0.2) is 0 Å². The molecule has 2 N–H and O–H groups in total. The van der Waals surface area contributed by atoms with Crippen molar-refractivity contribution in [2.45, 2.75) is 23.8 Å². The maximum Gasteiger partial charge on any atom is 0.255 e. The van der Waals surface area contributed by atoms with Gasteiger partial charge in [0.1, 0.15) is 11.3 Å². The van der Waals surface area contributed by atoms with Crippen molar-refractivity contribution in [3.8, 4) is 5.75 Å². The zero-order valence-electron chi connectivity index (χ0n) is 19.7. The summed E-state index contributed by atoms with van der Waals surface area (Å²) >= 11 is 1.55. The predicted octanol–water partition coefficient (Wildman–Crippen LogP) is 5.36. The summed E-state index contributed by atoms with van der Waals surface area (Å²) in [4.78, 5) is 33.5. The van der Waals surface area contributed by atoms with Crippen molar-refractivity contribution in [3.63, 3.8) is 0 Å². The Hall–Kier alpha value is -3.71. The van der Waals surface area contributed by atoms with Gasteiger partial charge < -0.3 is 19.9 Å². The number of nitrogens with one attached hydrogen (secondary N) is 2. The van der Waals surface area contributed by atoms with Crippen molar-refractivity contribution in [1.29, 1.82) is 0 Å². The summed E-state index contributed by atoms with van der Waals surface area (Å²) < 4.78 is 5.22. The van der Waals surface area contributed by atoms with Gasteiger partial charge >= 0.3 is 0 Å². The third-order valence-corrected chi connectivity index (χ3v) is 7.96. The highest BCUT2D eigenvalue weighted by atomic mass is 32.2. The van der Waals surface area contributed by atoms with Gasteiger partial charge in [0.2, 0.25) is 0 Å². The van der Waals surface area contributed by atoms with Gasteiger partial charge in [0, 0.05) is 40.0 Å². The fourth-order valence-corrected chi connectivity index (χ4v) is 5.69. The normalized spacial score (nSPS) is 17.7. The SMILES string of the molecule is COc1ccc(NC(=O)[C@@]2(C)CSc3ccccc3C(=O)N2CCc2c[nH]c3ccccc23)cc1. The fourth-order valence-electron chi connectivity index (χ4n) is 4.48. The number of carbonyl (C=O) groups excluding carboxylic acids is 2. The van der Waals surface area contributed by atoms with Gasteiger partial charge in [-0.25, -0.2) is 0 Å². The van der Waals surface area contributed by atoms with Crippen LogP contribution in [0.4, 0.5) is 5.69 Å². The highest BCUT2D eigenvalue weighted by Gasteiger charge is 2.45. The van der Waals surface area contributed by atoms with E-state index in [1.165, 1.54) is 0 Å². The topological polar surface area (TPSA) is 74.4 Å². The number of methoxy groups -OCH3 is 1. The molecule has 0 bridgehead atoms. The van der Waals surface area contributed by atoms with Crippen LogP contribution in [-0.4, -0.2) is 46.6 Å². The van der Waals surface area contributed by atoms with Crippen LogP contribution in [0, 0.1) is 0 Å². The summed E-state index contributed by atoms with van der Waals surface area (Å²) in [5, 5.41) is 4.16. The number of benzene rings is 3. The average Bonchev–Trinajstić information content (AvgIpc) is 3.26. The minimum absolute atomic E-state index is 0.127. The number of hydrogen-bond acceptors (Lipinski definition) is 4. The number of rotatable bonds is 6. The molecule has 7 heteroatoms. The molecule has 0 spiro atoms. The van der Waals surface area contributed by atoms with Crippen LogP contribution in [-0.2, 0) is 11.2 Å². The molecule has 1 aliphatic rings. The number of ether oxygens (including phenoxy) is 1. The van der Waals surface area contributed by atoms with E-state index in [9.17, 15) is 9.59 Å². The number of nitrogens with zero attached hydrogens (tertiary/aromatic N) is 1. The van der Waals surface area contributed by atoms with Crippen molar-refractivity contribution < 1.29 is 14.3 Å². The van der Waals surface area contributed by atoms with E-state index in [1.807, 2.05) is 55.6 Å². The molecular weight excluding hydrogens is 458 g/mol. The second kappa shape index (κ2) is 9.50. The minimum atomic E-state index is -1.05. The molecule has 1 aliphatic heterocycles. The van der Waals surface area contributed by atoms with E-state index < -0.39 is 5.54 Å². The molecule has 1 aromatic heterocycles. The standard InChI is InChI=1S/C28H27N3O3S/c1-28(27(33)30-20-11-13-21(34-2)14-12-20)18-35-25-10-6-4-8-23(25)26(32)31(28)16-15-19-17-29-24-9-5-3-7-22(19)24/h3-14,17,29H,15-16,18H2,1-2H3,(H,30,33)/t28-/m1/s1. The lowest BCUT2D eigenvalue weighted by molar-refractivity contribution is -0.124. The maximum atomic E-state index is 13.8. The number of fused-ring (bicyclic) bond motifs is 2. The molecule has 6 nitrogen and oxygen atoms in total. The number of H-pyrrole nitrogens is 1. The summed E-state index contributed by atoms with van der Waals surface area (Å²) in [6.45, 7) is 2.28. The quantitative estimate of drug-likeness (QED) is 0.385. The number of amides is 2. The highest BCUT2D eigenvalue weighted by Crippen LogP contribution is 2.36. The van der Waals surface area contributed by atoms with E-state index in [2.05, 4.69) is 16.4 Å². The summed E-state index contributed by atoms with van der Waals surface area (Å²) in [6, 6.07) is 22.9. The predicted molar refractivity (Wildman–Crippen MR) is 140 cm³/mol. The molecule has 0 radical (unpaired) electrons. The molecule has 0 unspecified atom stereocenters. The van der Waals surface area contributed by atoms with Crippen LogP contribution in [0.2, 0.25) is 0 Å². The summed E-state index contributed by atoms with van der Waals surface area (Å²) in [6.07, 6.45) is 2.62. The third kappa shape index (κ3) is 4.39. The lowest BCUT2D eigenvalue weighted by atomic mass is 9.98. The number of carbonyl (C=O) groups is 2. The number of anilines is 1. The molecule has 0 saturated carbocycles. The molecule has 2 heterocycles. The van der Waals surface area contributed by atoms with E-state index in [1.54, 1.807) is 48.0 Å². The van der Waals surface area contributed by atoms with Crippen LogP contribution in [0.1, 0.15) is 22.8 Å². The van der Waals surface area contributed by atoms with E-state index >= 15 is 0 Å². The largest absolute Gasteiger partial charge is 0.497 e. The first-order valence-electron chi connectivity index (χ1n) is 11.5. The third-order valence-electron chi connectivity index (χ3n) is 6.58. The van der Waals surface area contributed by atoms with Crippen molar-refractivity contribution in [3.05, 3.63) is 90.1 Å². The molecule has 0 saturated heterocycles. The Morgan fingerprint density at radius 1 is 1.09 bits per heavy atom. The molecule has 5 rings (SSSR count). The minimum Gasteiger partial charge on any atom is -0.497 e. The Balaban J connectivity index is 1.46. The second-order valence-electron chi connectivity index (χ2n) is 8.81. The molecule has 1 atom stereocenters. The number of para-hydroxylation sites is 1. The Bertz CT molecular complexity index is 1380. The lowest BCUT2D eigenvalue weighted by Gasteiger charge is -2.38. The van der Waals surface area contributed by atoms with Gasteiger partial charge in [0.25, 0.3) is 11.8 Å². The van der Waals surface area contributed by atoms with Gasteiger partial charge in [-0.3, -0.25) is 9.59 Å². The van der Waals surface area contributed by atoms with Crippen LogP contribution < -0.4 is 10.1 Å². The summed E-state index contributed by atoms with van der Waals surface area (Å²) in [5.41, 5.74) is 2.43. The van der Waals surface area contributed by atoms with Crippen LogP contribution in [0.3, 0.4) is 0 Å². The van der Waals surface area contributed by atoms with Crippen molar-refractivity contribution in [2.24, 2.45) is 0 Å². The molecule has 0 fully saturated rings.